The Morgan fingerprint density at radius 2 is 1.81 bits per heavy atom. The predicted octanol–water partition coefficient (Wildman–Crippen LogP) is 0.389. The quantitative estimate of drug-likeness (QED) is 0.346. The molecular formula is C17H33IN6O2. The van der Waals surface area contributed by atoms with E-state index in [1.807, 2.05) is 20.8 Å². The van der Waals surface area contributed by atoms with Gasteiger partial charge in [-0.05, 0) is 20.8 Å². The molecule has 1 amide bonds. The van der Waals surface area contributed by atoms with Crippen molar-refractivity contribution < 1.29 is 9.53 Å². The van der Waals surface area contributed by atoms with Crippen LogP contribution in [-0.2, 0) is 4.74 Å². The standard InChI is InChI=1S/C17H32N6O2.HI/c1-17(2,3)25-16(24)23-10-13(11-23)20-15(18-4)19-9-14-12-21-5-7-22(14)8-6-21;/h13-14H,5-12H2,1-4H3,(H2,18,19,20);1H. The molecule has 2 bridgehead atoms. The first-order chi connectivity index (χ1) is 11.8. The van der Waals surface area contributed by atoms with Crippen molar-refractivity contribution in [1.29, 1.82) is 0 Å². The lowest BCUT2D eigenvalue weighted by atomic mass is 10.1. The van der Waals surface area contributed by atoms with Crippen LogP contribution in [0.1, 0.15) is 20.8 Å². The van der Waals surface area contributed by atoms with Gasteiger partial charge in [-0.25, -0.2) is 4.79 Å². The fourth-order valence-electron chi connectivity index (χ4n) is 3.57. The van der Waals surface area contributed by atoms with Crippen LogP contribution in [0.25, 0.3) is 0 Å². The maximum absolute atomic E-state index is 12.0. The Balaban J connectivity index is 0.00000243. The fourth-order valence-corrected chi connectivity index (χ4v) is 3.57. The number of ether oxygens (including phenoxy) is 1. The summed E-state index contributed by atoms with van der Waals surface area (Å²) in [7, 11) is 1.79. The summed E-state index contributed by atoms with van der Waals surface area (Å²) in [4.78, 5) is 23.1. The Labute approximate surface area is 173 Å². The Morgan fingerprint density at radius 1 is 1.15 bits per heavy atom. The lowest BCUT2D eigenvalue weighted by Gasteiger charge is -2.47. The number of piperazine rings is 3. The van der Waals surface area contributed by atoms with E-state index in [1.54, 1.807) is 11.9 Å². The molecule has 4 fully saturated rings. The van der Waals surface area contributed by atoms with Gasteiger partial charge in [-0.3, -0.25) is 14.8 Å². The van der Waals surface area contributed by atoms with Crippen LogP contribution >= 0.6 is 24.0 Å². The Morgan fingerprint density at radius 3 is 2.31 bits per heavy atom. The smallest absolute Gasteiger partial charge is 0.410 e. The zero-order valence-corrected chi connectivity index (χ0v) is 18.7. The minimum atomic E-state index is -0.446. The number of halogens is 1. The zero-order valence-electron chi connectivity index (χ0n) is 16.3. The number of hydrogen-bond donors (Lipinski definition) is 2. The van der Waals surface area contributed by atoms with Gasteiger partial charge in [0.05, 0.1) is 6.04 Å². The number of carbonyl (C=O) groups is 1. The molecule has 1 atom stereocenters. The van der Waals surface area contributed by atoms with Crippen molar-refractivity contribution in [3.63, 3.8) is 0 Å². The zero-order chi connectivity index (χ0) is 18.0. The molecule has 1 unspecified atom stereocenters. The van der Waals surface area contributed by atoms with Crippen LogP contribution in [0.5, 0.6) is 0 Å². The van der Waals surface area contributed by atoms with E-state index in [1.165, 1.54) is 26.2 Å². The molecule has 4 rings (SSSR count). The molecule has 0 aliphatic carbocycles. The minimum Gasteiger partial charge on any atom is -0.444 e. The minimum absolute atomic E-state index is 0. The third kappa shape index (κ3) is 5.59. The highest BCUT2D eigenvalue weighted by atomic mass is 127. The van der Waals surface area contributed by atoms with Crippen LogP contribution in [0.2, 0.25) is 0 Å². The summed E-state index contributed by atoms with van der Waals surface area (Å²) >= 11 is 0. The summed E-state index contributed by atoms with van der Waals surface area (Å²) in [6.07, 6.45) is -0.242. The highest BCUT2D eigenvalue weighted by Gasteiger charge is 2.35. The maximum Gasteiger partial charge on any atom is 0.410 e. The van der Waals surface area contributed by atoms with E-state index in [4.69, 9.17) is 4.74 Å². The number of amides is 1. The largest absolute Gasteiger partial charge is 0.444 e. The van der Waals surface area contributed by atoms with E-state index >= 15 is 0 Å². The van der Waals surface area contributed by atoms with Gasteiger partial charge in [-0.15, -0.1) is 24.0 Å². The Kier molecular flexibility index (Phi) is 7.37. The van der Waals surface area contributed by atoms with Crippen molar-refractivity contribution in [2.75, 3.05) is 59.4 Å². The molecule has 0 spiro atoms. The van der Waals surface area contributed by atoms with Crippen LogP contribution in [-0.4, -0.2) is 104 Å². The molecule has 0 aromatic carbocycles. The highest BCUT2D eigenvalue weighted by molar-refractivity contribution is 14.0. The van der Waals surface area contributed by atoms with Gasteiger partial charge in [0.2, 0.25) is 0 Å². The maximum atomic E-state index is 12.0. The van der Waals surface area contributed by atoms with Crippen molar-refractivity contribution in [2.45, 2.75) is 38.5 Å². The molecule has 8 nitrogen and oxygen atoms in total. The molecule has 0 aromatic rings. The first-order valence-electron chi connectivity index (χ1n) is 9.25. The van der Waals surface area contributed by atoms with Gasteiger partial charge in [0, 0.05) is 65.4 Å². The summed E-state index contributed by atoms with van der Waals surface area (Å²) in [6, 6.07) is 0.784. The molecule has 0 radical (unpaired) electrons. The number of hydrogen-bond acceptors (Lipinski definition) is 5. The fraction of sp³-hybridized carbons (Fsp3) is 0.882. The van der Waals surface area contributed by atoms with Crippen molar-refractivity contribution in [2.24, 2.45) is 4.99 Å². The van der Waals surface area contributed by atoms with Gasteiger partial charge < -0.3 is 20.3 Å². The van der Waals surface area contributed by atoms with E-state index in [2.05, 4.69) is 25.4 Å². The lowest BCUT2D eigenvalue weighted by Crippen LogP contribution is -2.65. The second kappa shape index (κ2) is 8.92. The Hall–Kier alpha value is -0.810. The number of nitrogens with one attached hydrogen (secondary N) is 2. The van der Waals surface area contributed by atoms with E-state index < -0.39 is 5.60 Å². The molecule has 26 heavy (non-hydrogen) atoms. The topological polar surface area (TPSA) is 72.4 Å². The SMILES string of the molecule is CN=C(NCC1CN2CCN1CC2)NC1CN(C(=O)OC(C)(C)C)C1.I. The molecule has 2 N–H and O–H groups in total. The molecule has 4 saturated heterocycles. The van der Waals surface area contributed by atoms with Gasteiger partial charge in [0.1, 0.15) is 5.60 Å². The van der Waals surface area contributed by atoms with Crippen LogP contribution in [0.4, 0.5) is 4.79 Å². The average Bonchev–Trinajstić information content (AvgIpc) is 2.52. The van der Waals surface area contributed by atoms with Gasteiger partial charge in [-0.2, -0.15) is 0 Å². The first kappa shape index (κ1) is 21.5. The summed E-state index contributed by atoms with van der Waals surface area (Å²) in [5.74, 6) is 0.812. The normalized spacial score (nSPS) is 28.8. The molecule has 4 heterocycles. The van der Waals surface area contributed by atoms with E-state index in [0.29, 0.717) is 19.1 Å². The third-order valence-electron chi connectivity index (χ3n) is 5.00. The van der Waals surface area contributed by atoms with Gasteiger partial charge in [0.25, 0.3) is 0 Å². The summed E-state index contributed by atoms with van der Waals surface area (Å²) in [5, 5.41) is 6.83. The number of aliphatic imine (C=N–C) groups is 1. The molecule has 4 aliphatic rings. The number of guanidine groups is 1. The van der Waals surface area contributed by atoms with Gasteiger partial charge in [-0.1, -0.05) is 0 Å². The lowest BCUT2D eigenvalue weighted by molar-refractivity contribution is 0.00680. The van der Waals surface area contributed by atoms with Crippen molar-refractivity contribution in [3.05, 3.63) is 0 Å². The summed E-state index contributed by atoms with van der Waals surface area (Å²) in [5.41, 5.74) is -0.446. The number of carbonyl (C=O) groups excluding carboxylic acids is 1. The monoisotopic (exact) mass is 480 g/mol. The first-order valence-corrected chi connectivity index (χ1v) is 9.25. The molecule has 150 valence electrons. The Bertz CT molecular complexity index is 510. The van der Waals surface area contributed by atoms with Crippen molar-refractivity contribution in [1.82, 2.24) is 25.3 Å². The molecule has 4 aliphatic heterocycles. The number of likely N-dealkylation sites (tertiary alicyclic amines) is 1. The van der Waals surface area contributed by atoms with Gasteiger partial charge >= 0.3 is 6.09 Å². The van der Waals surface area contributed by atoms with Crippen LogP contribution in [0.15, 0.2) is 4.99 Å². The van der Waals surface area contributed by atoms with E-state index in [-0.39, 0.29) is 36.1 Å². The van der Waals surface area contributed by atoms with Crippen LogP contribution in [0, 0.1) is 0 Å². The average molecular weight is 480 g/mol. The molecule has 0 aromatic heterocycles. The van der Waals surface area contributed by atoms with E-state index in [9.17, 15) is 4.79 Å². The number of rotatable bonds is 3. The molecule has 0 saturated carbocycles. The highest BCUT2D eigenvalue weighted by Crippen LogP contribution is 2.16. The molecular weight excluding hydrogens is 447 g/mol. The van der Waals surface area contributed by atoms with Crippen LogP contribution < -0.4 is 10.6 Å². The van der Waals surface area contributed by atoms with Crippen LogP contribution in [0.3, 0.4) is 0 Å². The third-order valence-corrected chi connectivity index (χ3v) is 5.00. The van der Waals surface area contributed by atoms with Crippen molar-refractivity contribution in [3.8, 4) is 0 Å². The van der Waals surface area contributed by atoms with Gasteiger partial charge in [0.15, 0.2) is 5.96 Å². The molecule has 9 heteroatoms. The number of fused-ring (bicyclic) bond motifs is 3. The van der Waals surface area contributed by atoms with Crippen molar-refractivity contribution >= 4 is 36.0 Å². The second-order valence-electron chi connectivity index (χ2n) is 8.17. The van der Waals surface area contributed by atoms with E-state index in [0.717, 1.165) is 19.0 Å². The summed E-state index contributed by atoms with van der Waals surface area (Å²) in [6.45, 7) is 13.7. The number of nitrogens with zero attached hydrogens (tertiary/aromatic N) is 4. The summed E-state index contributed by atoms with van der Waals surface area (Å²) < 4.78 is 5.38. The second-order valence-corrected chi connectivity index (χ2v) is 8.17. The predicted molar refractivity (Wildman–Crippen MR) is 113 cm³/mol.